The standard InChI is InChI=1S/C24H40N2/c1-13-19-9-17(23(19,5)6)11-21(13)25-15(3)16(4)26-22-12-18-10-20(14(22)2)24(18,7)8/h13-14,17-22H,9-12H2,1-8H3/t13-,14-,17+,18+,19-,20-,21-,22-/m1/s1. The van der Waals surface area contributed by atoms with Crippen molar-refractivity contribution in [1.82, 2.24) is 0 Å². The summed E-state index contributed by atoms with van der Waals surface area (Å²) in [4.78, 5) is 10.4. The molecule has 0 unspecified atom stereocenters. The number of fused-ring (bicyclic) bond motifs is 4. The quantitative estimate of drug-likeness (QED) is 0.550. The van der Waals surface area contributed by atoms with E-state index in [1.807, 2.05) is 0 Å². The molecule has 0 aliphatic heterocycles. The molecule has 0 N–H and O–H groups in total. The monoisotopic (exact) mass is 356 g/mol. The average Bonchev–Trinajstić information content (AvgIpc) is 2.57. The van der Waals surface area contributed by atoms with Crippen LogP contribution in [0.2, 0.25) is 0 Å². The summed E-state index contributed by atoms with van der Waals surface area (Å²) in [5, 5.41) is 0. The molecule has 4 bridgehead atoms. The maximum atomic E-state index is 5.20. The van der Waals surface area contributed by atoms with Crippen LogP contribution in [0.25, 0.3) is 0 Å². The molecule has 6 fully saturated rings. The van der Waals surface area contributed by atoms with E-state index in [4.69, 9.17) is 9.98 Å². The molecule has 8 atom stereocenters. The van der Waals surface area contributed by atoms with E-state index in [2.05, 4.69) is 55.4 Å². The minimum absolute atomic E-state index is 0.521. The van der Waals surface area contributed by atoms with Crippen molar-refractivity contribution < 1.29 is 0 Å². The van der Waals surface area contributed by atoms with Crippen LogP contribution < -0.4 is 0 Å². The second-order valence-electron chi connectivity index (χ2n) is 11.5. The number of hydrogen-bond donors (Lipinski definition) is 0. The first kappa shape index (κ1) is 18.7. The Balaban J connectivity index is 1.44. The van der Waals surface area contributed by atoms with E-state index in [1.165, 1.54) is 37.1 Å². The molecule has 2 heteroatoms. The largest absolute Gasteiger partial charge is 0.285 e. The van der Waals surface area contributed by atoms with Gasteiger partial charge < -0.3 is 0 Å². The Morgan fingerprint density at radius 1 is 0.654 bits per heavy atom. The Bertz CT molecular complexity index is 585. The molecule has 0 aromatic carbocycles. The topological polar surface area (TPSA) is 24.7 Å². The van der Waals surface area contributed by atoms with Crippen LogP contribution in [0.3, 0.4) is 0 Å². The Kier molecular flexibility index (Phi) is 4.25. The maximum absolute atomic E-state index is 5.20. The average molecular weight is 357 g/mol. The van der Waals surface area contributed by atoms with Crippen LogP contribution >= 0.6 is 0 Å². The molecule has 146 valence electrons. The predicted octanol–water partition coefficient (Wildman–Crippen LogP) is 6.05. The van der Waals surface area contributed by atoms with Crippen molar-refractivity contribution in [2.24, 2.45) is 56.3 Å². The number of nitrogens with zero attached hydrogens (tertiary/aromatic N) is 2. The summed E-state index contributed by atoms with van der Waals surface area (Å²) in [5.41, 5.74) is 3.50. The SMILES string of the molecule is CC(=N[C@@H]1C[C@@H]2C[C@H]([C@H]1C)C2(C)C)C(C)=N[C@@H]1C[C@@H]2C[C@H]([C@H]1C)C2(C)C. The summed E-state index contributed by atoms with van der Waals surface area (Å²) in [5.74, 6) is 4.95. The van der Waals surface area contributed by atoms with E-state index in [1.54, 1.807) is 0 Å². The van der Waals surface area contributed by atoms with Crippen LogP contribution in [-0.2, 0) is 0 Å². The fourth-order valence-corrected chi connectivity index (χ4v) is 7.27. The zero-order chi connectivity index (χ0) is 19.0. The highest BCUT2D eigenvalue weighted by atomic mass is 14.9. The third-order valence-electron chi connectivity index (χ3n) is 9.87. The second-order valence-corrected chi connectivity index (χ2v) is 11.5. The molecule has 0 saturated heterocycles. The Labute approximate surface area is 161 Å². The third kappa shape index (κ3) is 2.57. The summed E-state index contributed by atoms with van der Waals surface area (Å²) in [6, 6.07) is 1.04. The first-order chi connectivity index (χ1) is 12.0. The van der Waals surface area contributed by atoms with E-state index in [0.29, 0.717) is 22.9 Å². The molecule has 6 aliphatic carbocycles. The van der Waals surface area contributed by atoms with E-state index in [0.717, 1.165) is 35.5 Å². The maximum Gasteiger partial charge on any atom is 0.0534 e. The summed E-state index contributed by atoms with van der Waals surface area (Å²) < 4.78 is 0. The number of hydrogen-bond acceptors (Lipinski definition) is 2. The van der Waals surface area contributed by atoms with Gasteiger partial charge in [0.05, 0.1) is 23.5 Å². The van der Waals surface area contributed by atoms with Crippen LogP contribution in [0.5, 0.6) is 0 Å². The van der Waals surface area contributed by atoms with Crippen molar-refractivity contribution in [2.45, 2.75) is 93.2 Å². The molecule has 0 aromatic rings. The molecule has 0 spiro atoms. The highest BCUT2D eigenvalue weighted by Crippen LogP contribution is 2.62. The Morgan fingerprint density at radius 3 is 1.27 bits per heavy atom. The summed E-state index contributed by atoms with van der Waals surface area (Å²) >= 11 is 0. The van der Waals surface area contributed by atoms with Crippen LogP contribution in [0.1, 0.15) is 81.1 Å². The summed E-state index contributed by atoms with van der Waals surface area (Å²) in [7, 11) is 0. The fraction of sp³-hybridized carbons (Fsp3) is 0.917. The van der Waals surface area contributed by atoms with Gasteiger partial charge in [0.2, 0.25) is 0 Å². The predicted molar refractivity (Wildman–Crippen MR) is 112 cm³/mol. The van der Waals surface area contributed by atoms with Crippen molar-refractivity contribution in [3.8, 4) is 0 Å². The molecule has 0 amide bonds. The van der Waals surface area contributed by atoms with E-state index < -0.39 is 0 Å². The van der Waals surface area contributed by atoms with Crippen molar-refractivity contribution >= 4 is 11.4 Å². The van der Waals surface area contributed by atoms with Crippen LogP contribution in [-0.4, -0.2) is 23.5 Å². The highest BCUT2D eigenvalue weighted by molar-refractivity contribution is 6.40. The molecular weight excluding hydrogens is 316 g/mol. The van der Waals surface area contributed by atoms with Gasteiger partial charge >= 0.3 is 0 Å². The first-order valence-corrected chi connectivity index (χ1v) is 11.1. The Hall–Kier alpha value is -0.660. The molecule has 2 nitrogen and oxygen atoms in total. The smallest absolute Gasteiger partial charge is 0.0534 e. The van der Waals surface area contributed by atoms with Gasteiger partial charge in [-0.15, -0.1) is 0 Å². The molecule has 6 saturated carbocycles. The molecule has 26 heavy (non-hydrogen) atoms. The summed E-state index contributed by atoms with van der Waals surface area (Å²) in [6.07, 6.45) is 5.44. The van der Waals surface area contributed by atoms with Crippen LogP contribution in [0.4, 0.5) is 0 Å². The first-order valence-electron chi connectivity index (χ1n) is 11.1. The zero-order valence-electron chi connectivity index (χ0n) is 18.3. The fourth-order valence-electron chi connectivity index (χ4n) is 7.27. The Morgan fingerprint density at radius 2 is 1.00 bits per heavy atom. The molecule has 0 radical (unpaired) electrons. The van der Waals surface area contributed by atoms with Gasteiger partial charge in [-0.25, -0.2) is 0 Å². The van der Waals surface area contributed by atoms with Crippen molar-refractivity contribution in [3.63, 3.8) is 0 Å². The number of rotatable bonds is 3. The molecule has 0 aromatic heterocycles. The van der Waals surface area contributed by atoms with Crippen LogP contribution in [0.15, 0.2) is 9.98 Å². The van der Waals surface area contributed by atoms with Gasteiger partial charge in [-0.2, -0.15) is 0 Å². The minimum Gasteiger partial charge on any atom is -0.285 e. The van der Waals surface area contributed by atoms with Gasteiger partial charge in [-0.3, -0.25) is 9.98 Å². The molecule has 6 aliphatic rings. The van der Waals surface area contributed by atoms with Gasteiger partial charge in [-0.1, -0.05) is 41.5 Å². The minimum atomic E-state index is 0.521. The van der Waals surface area contributed by atoms with Gasteiger partial charge in [0.1, 0.15) is 0 Å². The lowest BCUT2D eigenvalue weighted by Crippen LogP contribution is -2.56. The molecular formula is C24H40N2. The van der Waals surface area contributed by atoms with E-state index in [9.17, 15) is 0 Å². The lowest BCUT2D eigenvalue weighted by Gasteiger charge is -2.61. The second kappa shape index (κ2) is 5.92. The lowest BCUT2D eigenvalue weighted by molar-refractivity contribution is -0.108. The summed E-state index contributed by atoms with van der Waals surface area (Å²) in [6.45, 7) is 19.2. The van der Waals surface area contributed by atoms with Gasteiger partial charge in [-0.05, 0) is 85.9 Å². The lowest BCUT2D eigenvalue weighted by atomic mass is 9.45. The normalized spacial score (nSPS) is 49.2. The third-order valence-corrected chi connectivity index (χ3v) is 9.87. The van der Waals surface area contributed by atoms with Gasteiger partial charge in [0, 0.05) is 0 Å². The van der Waals surface area contributed by atoms with Crippen molar-refractivity contribution in [2.75, 3.05) is 0 Å². The van der Waals surface area contributed by atoms with Crippen molar-refractivity contribution in [3.05, 3.63) is 0 Å². The number of aliphatic imine (C=N–C) groups is 2. The van der Waals surface area contributed by atoms with Crippen molar-refractivity contribution in [1.29, 1.82) is 0 Å². The van der Waals surface area contributed by atoms with Gasteiger partial charge in [0.25, 0.3) is 0 Å². The molecule has 0 heterocycles. The van der Waals surface area contributed by atoms with Gasteiger partial charge in [0.15, 0.2) is 0 Å². The van der Waals surface area contributed by atoms with E-state index in [-0.39, 0.29) is 0 Å². The van der Waals surface area contributed by atoms with E-state index >= 15 is 0 Å². The zero-order valence-corrected chi connectivity index (χ0v) is 18.3. The van der Waals surface area contributed by atoms with Crippen LogP contribution in [0, 0.1) is 46.3 Å². The highest BCUT2D eigenvalue weighted by Gasteiger charge is 2.57. The molecule has 6 rings (SSSR count).